The summed E-state index contributed by atoms with van der Waals surface area (Å²) in [5.74, 6) is 0.489. The van der Waals surface area contributed by atoms with Gasteiger partial charge in [0, 0.05) is 38.2 Å². The maximum absolute atomic E-state index is 12.6. The maximum atomic E-state index is 12.6. The Labute approximate surface area is 164 Å². The Morgan fingerprint density at radius 1 is 1.14 bits per heavy atom. The second-order valence-electron chi connectivity index (χ2n) is 7.07. The number of nitrogens with one attached hydrogen (secondary N) is 1. The van der Waals surface area contributed by atoms with E-state index in [0.29, 0.717) is 24.3 Å². The number of nitrogens with zero attached hydrogens (tertiary/aromatic N) is 3. The van der Waals surface area contributed by atoms with Crippen LogP contribution >= 0.6 is 0 Å². The van der Waals surface area contributed by atoms with Crippen molar-refractivity contribution < 1.29 is 14.3 Å². The molecule has 7 heteroatoms. The first-order valence-corrected chi connectivity index (χ1v) is 9.66. The summed E-state index contributed by atoms with van der Waals surface area (Å²) in [4.78, 5) is 32.8. The maximum Gasteiger partial charge on any atom is 0.256 e. The van der Waals surface area contributed by atoms with Gasteiger partial charge in [-0.25, -0.2) is 4.98 Å². The minimum Gasteiger partial charge on any atom is -0.378 e. The minimum atomic E-state index is -0.207. The third-order valence-electron chi connectivity index (χ3n) is 5.10. The number of amides is 2. The van der Waals surface area contributed by atoms with Crippen LogP contribution in [0.15, 0.2) is 42.6 Å². The van der Waals surface area contributed by atoms with Gasteiger partial charge < -0.3 is 19.9 Å². The van der Waals surface area contributed by atoms with E-state index in [0.717, 1.165) is 50.5 Å². The van der Waals surface area contributed by atoms with Crippen LogP contribution in [-0.4, -0.2) is 54.5 Å². The Morgan fingerprint density at radius 3 is 2.71 bits per heavy atom. The van der Waals surface area contributed by atoms with Crippen LogP contribution in [-0.2, 0) is 16.1 Å². The zero-order valence-electron chi connectivity index (χ0n) is 15.8. The van der Waals surface area contributed by atoms with E-state index < -0.39 is 0 Å². The second kappa shape index (κ2) is 8.39. The van der Waals surface area contributed by atoms with Crippen LogP contribution in [0, 0.1) is 0 Å². The summed E-state index contributed by atoms with van der Waals surface area (Å²) in [6, 6.07) is 11.2. The Balaban J connectivity index is 1.39. The highest BCUT2D eigenvalue weighted by atomic mass is 16.5. The molecule has 1 aromatic carbocycles. The van der Waals surface area contributed by atoms with Gasteiger partial charge in [0.25, 0.3) is 5.91 Å². The largest absolute Gasteiger partial charge is 0.378 e. The smallest absolute Gasteiger partial charge is 0.256 e. The van der Waals surface area contributed by atoms with Gasteiger partial charge in [0.05, 0.1) is 25.1 Å². The number of carbonyl (C=O) groups is 2. The van der Waals surface area contributed by atoms with E-state index in [1.165, 1.54) is 0 Å². The van der Waals surface area contributed by atoms with E-state index in [1.807, 2.05) is 35.2 Å². The van der Waals surface area contributed by atoms with Gasteiger partial charge in [-0.1, -0.05) is 12.1 Å². The number of carbonyl (C=O) groups excluding carboxylic acids is 2. The summed E-state index contributed by atoms with van der Waals surface area (Å²) in [5, 5.41) is 2.84. The van der Waals surface area contributed by atoms with E-state index in [4.69, 9.17) is 4.74 Å². The van der Waals surface area contributed by atoms with Crippen LogP contribution in [0.4, 0.5) is 11.5 Å². The van der Waals surface area contributed by atoms with Crippen LogP contribution < -0.4 is 10.2 Å². The molecule has 3 heterocycles. The van der Waals surface area contributed by atoms with E-state index in [9.17, 15) is 9.59 Å². The predicted octanol–water partition coefficient (Wildman–Crippen LogP) is 2.29. The summed E-state index contributed by atoms with van der Waals surface area (Å²) >= 11 is 0. The Morgan fingerprint density at radius 2 is 2.00 bits per heavy atom. The molecule has 4 rings (SSSR count). The molecule has 0 unspecified atom stereocenters. The van der Waals surface area contributed by atoms with Crippen molar-refractivity contribution in [2.75, 3.05) is 43.1 Å². The first kappa shape index (κ1) is 18.4. The summed E-state index contributed by atoms with van der Waals surface area (Å²) in [5.41, 5.74) is 2.54. The molecule has 2 amide bonds. The zero-order valence-corrected chi connectivity index (χ0v) is 15.8. The van der Waals surface area contributed by atoms with Gasteiger partial charge in [0.1, 0.15) is 5.82 Å². The third-order valence-corrected chi connectivity index (χ3v) is 5.10. The molecular formula is C21H24N4O3. The topological polar surface area (TPSA) is 74.8 Å². The number of likely N-dealkylation sites (tertiary alicyclic amines) is 1. The average molecular weight is 380 g/mol. The third kappa shape index (κ3) is 4.31. The highest BCUT2D eigenvalue weighted by Gasteiger charge is 2.20. The quantitative estimate of drug-likeness (QED) is 0.862. The minimum absolute atomic E-state index is 0.180. The fraction of sp³-hybridized carbons (Fsp3) is 0.381. The number of anilines is 2. The van der Waals surface area contributed by atoms with Crippen molar-refractivity contribution in [3.05, 3.63) is 53.7 Å². The molecule has 2 aliphatic heterocycles. The van der Waals surface area contributed by atoms with Crippen molar-refractivity contribution in [3.8, 4) is 0 Å². The molecule has 1 aromatic heterocycles. The van der Waals surface area contributed by atoms with Gasteiger partial charge in [0.15, 0.2) is 0 Å². The summed E-state index contributed by atoms with van der Waals surface area (Å²) in [7, 11) is 0. The van der Waals surface area contributed by atoms with Crippen molar-refractivity contribution in [3.63, 3.8) is 0 Å². The van der Waals surface area contributed by atoms with Crippen LogP contribution in [0.5, 0.6) is 0 Å². The van der Waals surface area contributed by atoms with Gasteiger partial charge in [-0.2, -0.15) is 0 Å². The lowest BCUT2D eigenvalue weighted by Gasteiger charge is -2.28. The first-order chi connectivity index (χ1) is 13.7. The molecule has 1 N–H and O–H groups in total. The molecule has 2 aromatic rings. The monoisotopic (exact) mass is 380 g/mol. The highest BCUT2D eigenvalue weighted by Crippen LogP contribution is 2.18. The first-order valence-electron chi connectivity index (χ1n) is 9.66. The summed E-state index contributed by atoms with van der Waals surface area (Å²) < 4.78 is 5.36. The van der Waals surface area contributed by atoms with Crippen molar-refractivity contribution in [2.45, 2.75) is 19.4 Å². The number of morpholine rings is 1. The molecule has 146 valence electrons. The lowest BCUT2D eigenvalue weighted by molar-refractivity contribution is -0.128. The molecule has 0 radical (unpaired) electrons. The number of ether oxygens (including phenoxy) is 1. The lowest BCUT2D eigenvalue weighted by atomic mass is 10.1. The fourth-order valence-electron chi connectivity index (χ4n) is 3.56. The molecule has 2 saturated heterocycles. The molecule has 0 bridgehead atoms. The number of hydrogen-bond donors (Lipinski definition) is 1. The molecule has 0 aliphatic carbocycles. The predicted molar refractivity (Wildman–Crippen MR) is 106 cm³/mol. The molecule has 0 atom stereocenters. The van der Waals surface area contributed by atoms with Gasteiger partial charge in [-0.05, 0) is 36.2 Å². The van der Waals surface area contributed by atoms with Crippen molar-refractivity contribution >= 4 is 23.3 Å². The van der Waals surface area contributed by atoms with Crippen molar-refractivity contribution in [1.82, 2.24) is 9.88 Å². The average Bonchev–Trinajstić information content (AvgIpc) is 3.14. The highest BCUT2D eigenvalue weighted by molar-refractivity contribution is 6.03. The summed E-state index contributed by atoms with van der Waals surface area (Å²) in [6.07, 6.45) is 3.30. The number of hydrogen-bond acceptors (Lipinski definition) is 5. The van der Waals surface area contributed by atoms with E-state index >= 15 is 0 Å². The Kier molecular flexibility index (Phi) is 5.53. The molecule has 7 nitrogen and oxygen atoms in total. The molecule has 0 spiro atoms. The zero-order chi connectivity index (χ0) is 19.3. The Hall–Kier alpha value is -2.93. The molecule has 2 fully saturated rings. The van der Waals surface area contributed by atoms with E-state index in [2.05, 4.69) is 15.2 Å². The van der Waals surface area contributed by atoms with Crippen LogP contribution in [0.3, 0.4) is 0 Å². The van der Waals surface area contributed by atoms with Gasteiger partial charge in [-0.15, -0.1) is 0 Å². The lowest BCUT2D eigenvalue weighted by Crippen LogP contribution is -2.36. The number of rotatable bonds is 5. The molecule has 28 heavy (non-hydrogen) atoms. The number of benzene rings is 1. The summed E-state index contributed by atoms with van der Waals surface area (Å²) in [6.45, 7) is 4.47. The van der Waals surface area contributed by atoms with Crippen LogP contribution in [0.1, 0.15) is 28.8 Å². The standard InChI is InChI=1S/C21H24N4O3/c26-20-5-2-8-25(20)15-16-3-1-4-17(13-16)21(27)23-19-7-6-18(14-22-19)24-9-11-28-12-10-24/h1,3-4,6-7,13-14H,2,5,8-12,15H2,(H,22,23,27). The van der Waals surface area contributed by atoms with Crippen molar-refractivity contribution in [2.24, 2.45) is 0 Å². The van der Waals surface area contributed by atoms with Gasteiger partial charge in [0.2, 0.25) is 5.91 Å². The SMILES string of the molecule is O=C(Nc1ccc(N2CCOCC2)cn1)c1cccc(CN2CCCC2=O)c1. The second-order valence-corrected chi connectivity index (χ2v) is 7.07. The van der Waals surface area contributed by atoms with Gasteiger partial charge in [-0.3, -0.25) is 9.59 Å². The molecule has 0 saturated carbocycles. The van der Waals surface area contributed by atoms with Crippen LogP contribution in [0.25, 0.3) is 0 Å². The fourth-order valence-corrected chi connectivity index (χ4v) is 3.56. The Bertz CT molecular complexity index is 847. The van der Waals surface area contributed by atoms with Crippen LogP contribution in [0.2, 0.25) is 0 Å². The van der Waals surface area contributed by atoms with Gasteiger partial charge >= 0.3 is 0 Å². The molecule has 2 aliphatic rings. The number of aromatic nitrogens is 1. The normalized spacial score (nSPS) is 17.1. The van der Waals surface area contributed by atoms with E-state index in [1.54, 1.807) is 12.3 Å². The number of pyridine rings is 1. The van der Waals surface area contributed by atoms with Crippen molar-refractivity contribution in [1.29, 1.82) is 0 Å². The van der Waals surface area contributed by atoms with E-state index in [-0.39, 0.29) is 11.8 Å². The molecular weight excluding hydrogens is 356 g/mol.